The van der Waals surface area contributed by atoms with Gasteiger partial charge in [-0.15, -0.1) is 0 Å². The third kappa shape index (κ3) is 4.39. The van der Waals surface area contributed by atoms with Gasteiger partial charge in [-0.3, -0.25) is 14.5 Å². The molecule has 2 fully saturated rings. The number of aromatic nitrogens is 2. The molecule has 2 aliphatic heterocycles. The number of aromatic amines is 1. The van der Waals surface area contributed by atoms with Gasteiger partial charge in [0, 0.05) is 44.8 Å². The first-order valence-electron chi connectivity index (χ1n) is 10.1. The van der Waals surface area contributed by atoms with Crippen molar-refractivity contribution in [1.29, 1.82) is 0 Å². The Labute approximate surface area is 167 Å². The lowest BCUT2D eigenvalue weighted by Gasteiger charge is -2.36. The van der Waals surface area contributed by atoms with Crippen molar-refractivity contribution >= 4 is 22.8 Å². The summed E-state index contributed by atoms with van der Waals surface area (Å²) in [6.45, 7) is 4.46. The van der Waals surface area contributed by atoms with E-state index in [1.807, 2.05) is 4.90 Å². The molecule has 0 unspecified atom stereocenters. The number of carbonyl (C=O) groups is 2. The normalized spacial score (nSPS) is 18.6. The van der Waals surface area contributed by atoms with Crippen LogP contribution in [0.5, 0.6) is 0 Å². The number of benzene rings is 1. The number of nitrogens with zero attached hydrogens (tertiary/aromatic N) is 4. The molecule has 1 aromatic carbocycles. The maximum absolute atomic E-state index is 12.8. The quantitative estimate of drug-likeness (QED) is 0.847. The van der Waals surface area contributed by atoms with Crippen molar-refractivity contribution in [2.75, 3.05) is 45.8 Å². The predicted octanol–water partition coefficient (Wildman–Crippen LogP) is 2.27. The topological polar surface area (TPSA) is 72.5 Å². The van der Waals surface area contributed by atoms with Crippen LogP contribution in [-0.4, -0.2) is 82.3 Å². The Hall–Kier alpha value is -2.55. The van der Waals surface area contributed by atoms with Crippen LogP contribution in [0, 0.1) is 0 Å². The van der Waals surface area contributed by atoms with E-state index >= 15 is 0 Å². The van der Waals surface area contributed by atoms with Gasteiger partial charge in [-0.05, 0) is 37.5 Å². The minimum absolute atomic E-state index is 0.137. The molecule has 0 aliphatic carbocycles. The molecular weight excluding hydrogens is 380 g/mol. The highest BCUT2D eigenvalue weighted by molar-refractivity contribution is 5.97. The average molecular weight is 405 g/mol. The van der Waals surface area contributed by atoms with Gasteiger partial charge in [-0.25, -0.2) is 13.8 Å². The van der Waals surface area contributed by atoms with Crippen LogP contribution in [0.15, 0.2) is 18.2 Å². The SMILES string of the molecule is O=C(CN1CCN(C(=O)c2ccc3nc(C(F)F)[nH]c3c2)CC1)N1CCCCC1. The number of halogens is 2. The van der Waals surface area contributed by atoms with E-state index in [0.717, 1.165) is 25.9 Å². The number of nitrogens with one attached hydrogen (secondary N) is 1. The van der Waals surface area contributed by atoms with E-state index in [2.05, 4.69) is 14.9 Å². The second-order valence-electron chi connectivity index (χ2n) is 7.66. The molecule has 1 N–H and O–H groups in total. The zero-order valence-corrected chi connectivity index (χ0v) is 16.2. The van der Waals surface area contributed by atoms with Crippen LogP contribution in [0.2, 0.25) is 0 Å². The van der Waals surface area contributed by atoms with Crippen molar-refractivity contribution in [3.8, 4) is 0 Å². The molecule has 9 heteroatoms. The summed E-state index contributed by atoms with van der Waals surface area (Å²) in [6.07, 6.45) is 0.668. The molecule has 2 amide bonds. The summed E-state index contributed by atoms with van der Waals surface area (Å²) >= 11 is 0. The fraction of sp³-hybridized carbons (Fsp3) is 0.550. The lowest BCUT2D eigenvalue weighted by molar-refractivity contribution is -0.133. The second kappa shape index (κ2) is 8.44. The summed E-state index contributed by atoms with van der Waals surface area (Å²) in [5, 5.41) is 0. The van der Waals surface area contributed by atoms with E-state index in [-0.39, 0.29) is 11.8 Å². The van der Waals surface area contributed by atoms with Gasteiger partial charge < -0.3 is 14.8 Å². The summed E-state index contributed by atoms with van der Waals surface area (Å²) in [4.78, 5) is 37.4. The maximum atomic E-state index is 12.8. The van der Waals surface area contributed by atoms with Crippen molar-refractivity contribution in [2.45, 2.75) is 25.7 Å². The van der Waals surface area contributed by atoms with E-state index in [1.165, 1.54) is 6.42 Å². The lowest BCUT2D eigenvalue weighted by atomic mass is 10.1. The van der Waals surface area contributed by atoms with Crippen molar-refractivity contribution < 1.29 is 18.4 Å². The Bertz CT molecular complexity index is 886. The van der Waals surface area contributed by atoms with Gasteiger partial charge >= 0.3 is 0 Å². The van der Waals surface area contributed by atoms with Gasteiger partial charge in [0.2, 0.25) is 5.91 Å². The standard InChI is InChI=1S/C20H25F2N5O2/c21-18(22)19-23-15-5-4-14(12-16(15)24-19)20(29)27-10-8-25(9-11-27)13-17(28)26-6-2-1-3-7-26/h4-5,12,18H,1-3,6-11,13H2,(H,23,24). The van der Waals surface area contributed by atoms with Crippen LogP contribution in [0.1, 0.15) is 41.9 Å². The molecule has 0 saturated carbocycles. The minimum Gasteiger partial charge on any atom is -0.342 e. The molecular formula is C20H25F2N5O2. The fourth-order valence-electron chi connectivity index (χ4n) is 3.99. The van der Waals surface area contributed by atoms with Gasteiger partial charge in [0.25, 0.3) is 12.3 Å². The first-order valence-corrected chi connectivity index (χ1v) is 10.1. The Morgan fingerprint density at radius 2 is 1.72 bits per heavy atom. The first kappa shape index (κ1) is 19.8. The molecule has 2 saturated heterocycles. The largest absolute Gasteiger partial charge is 0.342 e. The van der Waals surface area contributed by atoms with Crippen LogP contribution in [0.4, 0.5) is 8.78 Å². The van der Waals surface area contributed by atoms with E-state index in [0.29, 0.717) is 49.3 Å². The zero-order chi connectivity index (χ0) is 20.4. The van der Waals surface area contributed by atoms with Crippen LogP contribution in [0.25, 0.3) is 11.0 Å². The number of piperidine rings is 1. The number of piperazine rings is 1. The van der Waals surface area contributed by atoms with Crippen molar-refractivity contribution in [1.82, 2.24) is 24.7 Å². The monoisotopic (exact) mass is 405 g/mol. The predicted molar refractivity (Wildman–Crippen MR) is 104 cm³/mol. The molecule has 3 heterocycles. The molecule has 29 heavy (non-hydrogen) atoms. The summed E-state index contributed by atoms with van der Waals surface area (Å²) in [5.74, 6) is -0.359. The molecule has 0 spiro atoms. The van der Waals surface area contributed by atoms with Crippen LogP contribution >= 0.6 is 0 Å². The van der Waals surface area contributed by atoms with Gasteiger partial charge in [0.05, 0.1) is 17.6 Å². The summed E-state index contributed by atoms with van der Waals surface area (Å²) in [7, 11) is 0. The number of imidazole rings is 1. The molecule has 0 atom stereocenters. The van der Waals surface area contributed by atoms with Gasteiger partial charge in [0.15, 0.2) is 5.82 Å². The molecule has 2 aliphatic rings. The van der Waals surface area contributed by atoms with Gasteiger partial charge in [-0.1, -0.05) is 0 Å². The number of H-pyrrole nitrogens is 1. The van der Waals surface area contributed by atoms with Crippen LogP contribution in [-0.2, 0) is 4.79 Å². The van der Waals surface area contributed by atoms with E-state index in [1.54, 1.807) is 23.1 Å². The Balaban J connectivity index is 1.34. The molecule has 7 nitrogen and oxygen atoms in total. The number of hydrogen-bond acceptors (Lipinski definition) is 4. The number of amides is 2. The molecule has 4 rings (SSSR count). The average Bonchev–Trinajstić information content (AvgIpc) is 3.18. The molecule has 0 bridgehead atoms. The number of fused-ring (bicyclic) bond motifs is 1. The summed E-state index contributed by atoms with van der Waals surface area (Å²) < 4.78 is 25.6. The molecule has 2 aromatic rings. The smallest absolute Gasteiger partial charge is 0.295 e. The van der Waals surface area contributed by atoms with E-state index in [9.17, 15) is 18.4 Å². The van der Waals surface area contributed by atoms with Crippen molar-refractivity contribution in [3.63, 3.8) is 0 Å². The lowest BCUT2D eigenvalue weighted by Crippen LogP contribution is -2.52. The Morgan fingerprint density at radius 1 is 1.00 bits per heavy atom. The number of likely N-dealkylation sites (tertiary alicyclic amines) is 1. The molecule has 1 aromatic heterocycles. The minimum atomic E-state index is -2.68. The van der Waals surface area contributed by atoms with Crippen molar-refractivity contribution in [2.24, 2.45) is 0 Å². The zero-order valence-electron chi connectivity index (χ0n) is 16.2. The highest BCUT2D eigenvalue weighted by Crippen LogP contribution is 2.21. The van der Waals surface area contributed by atoms with E-state index < -0.39 is 12.2 Å². The van der Waals surface area contributed by atoms with E-state index in [4.69, 9.17) is 0 Å². The Kier molecular flexibility index (Phi) is 5.75. The highest BCUT2D eigenvalue weighted by Gasteiger charge is 2.25. The summed E-state index contributed by atoms with van der Waals surface area (Å²) in [5.41, 5.74) is 1.29. The first-order chi connectivity index (χ1) is 14.0. The molecule has 0 radical (unpaired) electrons. The molecule has 156 valence electrons. The van der Waals surface area contributed by atoms with Gasteiger partial charge in [-0.2, -0.15) is 0 Å². The number of hydrogen-bond donors (Lipinski definition) is 1. The number of alkyl halides is 2. The number of carbonyl (C=O) groups excluding carboxylic acids is 2. The number of rotatable bonds is 4. The fourth-order valence-corrected chi connectivity index (χ4v) is 3.99. The third-order valence-electron chi connectivity index (χ3n) is 5.68. The van der Waals surface area contributed by atoms with Crippen molar-refractivity contribution in [3.05, 3.63) is 29.6 Å². The second-order valence-corrected chi connectivity index (χ2v) is 7.66. The third-order valence-corrected chi connectivity index (χ3v) is 5.68. The maximum Gasteiger partial charge on any atom is 0.295 e. The Morgan fingerprint density at radius 3 is 2.41 bits per heavy atom. The highest BCUT2D eigenvalue weighted by atomic mass is 19.3. The van der Waals surface area contributed by atoms with Crippen LogP contribution in [0.3, 0.4) is 0 Å². The summed E-state index contributed by atoms with van der Waals surface area (Å²) in [6, 6.07) is 4.77. The van der Waals surface area contributed by atoms with Gasteiger partial charge in [0.1, 0.15) is 0 Å². The van der Waals surface area contributed by atoms with Crippen LogP contribution < -0.4 is 0 Å².